The predicted molar refractivity (Wildman–Crippen MR) is 91.8 cm³/mol. The number of H-pyrrole nitrogens is 1. The normalized spacial score (nSPS) is 17.8. The van der Waals surface area contributed by atoms with Crippen LogP contribution in [0.5, 0.6) is 0 Å². The minimum atomic E-state index is -0.0526. The molecule has 6 heteroatoms. The monoisotopic (exact) mass is 365 g/mol. The van der Waals surface area contributed by atoms with Crippen LogP contribution in [0.25, 0.3) is 0 Å². The van der Waals surface area contributed by atoms with Gasteiger partial charge in [0.05, 0.1) is 15.9 Å². The van der Waals surface area contributed by atoms with Crippen LogP contribution in [-0.4, -0.2) is 14.8 Å². The van der Waals surface area contributed by atoms with Gasteiger partial charge >= 0.3 is 0 Å². The third kappa shape index (κ3) is 2.51. The molecule has 0 radical (unpaired) electrons. The highest BCUT2D eigenvalue weighted by molar-refractivity contribution is 9.10. The van der Waals surface area contributed by atoms with Crippen LogP contribution in [0.15, 0.2) is 38.5 Å². The molecule has 0 aliphatic carbocycles. The lowest BCUT2D eigenvalue weighted by Gasteiger charge is -2.22. The number of nitrogens with zero attached hydrogens (tertiary/aromatic N) is 2. The summed E-state index contributed by atoms with van der Waals surface area (Å²) in [5, 5.41) is 3.86. The number of aromatic amines is 1. The van der Waals surface area contributed by atoms with Crippen LogP contribution >= 0.6 is 27.7 Å². The molecule has 0 fully saturated rings. The molecule has 1 aromatic carbocycles. The molecule has 0 saturated carbocycles. The highest BCUT2D eigenvalue weighted by Gasteiger charge is 2.31. The Hall–Kier alpha value is -1.27. The van der Waals surface area contributed by atoms with Crippen molar-refractivity contribution in [3.05, 3.63) is 50.2 Å². The Morgan fingerprint density at radius 3 is 2.76 bits per heavy atom. The van der Waals surface area contributed by atoms with E-state index in [2.05, 4.69) is 32.1 Å². The first-order chi connectivity index (χ1) is 9.99. The maximum atomic E-state index is 12.4. The third-order valence-electron chi connectivity index (χ3n) is 3.45. The van der Waals surface area contributed by atoms with Crippen molar-refractivity contribution in [2.24, 2.45) is 4.99 Å². The van der Waals surface area contributed by atoms with Gasteiger partial charge in [-0.2, -0.15) is 0 Å². The van der Waals surface area contributed by atoms with E-state index in [1.165, 1.54) is 0 Å². The fraction of sp³-hybridized carbons (Fsp3) is 0.333. The third-order valence-corrected chi connectivity index (χ3v) is 5.33. The van der Waals surface area contributed by atoms with Crippen molar-refractivity contribution < 1.29 is 0 Å². The molecule has 3 rings (SSSR count). The van der Waals surface area contributed by atoms with E-state index in [9.17, 15) is 4.79 Å². The molecular weight excluding hydrogens is 350 g/mol. The SMILES string of the molecule is CC1=Nc2c(c(=O)[nH]n2C(C)C)[C@@H](c2ccccc2Br)S1. The topological polar surface area (TPSA) is 50.1 Å². The van der Waals surface area contributed by atoms with Gasteiger partial charge in [0.25, 0.3) is 5.56 Å². The summed E-state index contributed by atoms with van der Waals surface area (Å²) in [5.74, 6) is 0.756. The van der Waals surface area contributed by atoms with E-state index in [4.69, 9.17) is 0 Å². The number of thioether (sulfide) groups is 1. The van der Waals surface area contributed by atoms with Crippen molar-refractivity contribution in [2.45, 2.75) is 32.1 Å². The van der Waals surface area contributed by atoms with Crippen LogP contribution < -0.4 is 5.56 Å². The van der Waals surface area contributed by atoms with Crippen LogP contribution in [-0.2, 0) is 0 Å². The summed E-state index contributed by atoms with van der Waals surface area (Å²) >= 11 is 5.21. The highest BCUT2D eigenvalue weighted by Crippen LogP contribution is 2.45. The minimum Gasteiger partial charge on any atom is -0.268 e. The van der Waals surface area contributed by atoms with E-state index in [0.717, 1.165) is 26.5 Å². The molecule has 110 valence electrons. The molecule has 0 saturated heterocycles. The lowest BCUT2D eigenvalue weighted by Crippen LogP contribution is -2.13. The van der Waals surface area contributed by atoms with Crippen LogP contribution in [0.3, 0.4) is 0 Å². The molecule has 2 heterocycles. The molecule has 1 aliphatic heterocycles. The Balaban J connectivity index is 2.23. The van der Waals surface area contributed by atoms with Gasteiger partial charge in [-0.25, -0.2) is 4.99 Å². The summed E-state index contributed by atoms with van der Waals surface area (Å²) in [6.07, 6.45) is 0. The van der Waals surface area contributed by atoms with Crippen LogP contribution in [0, 0.1) is 0 Å². The second kappa shape index (κ2) is 5.50. The molecule has 4 nitrogen and oxygen atoms in total. The second-order valence-electron chi connectivity index (χ2n) is 5.29. The Morgan fingerprint density at radius 1 is 1.38 bits per heavy atom. The molecule has 1 N–H and O–H groups in total. The van der Waals surface area contributed by atoms with Crippen LogP contribution in [0.1, 0.15) is 43.2 Å². The Labute approximate surface area is 135 Å². The highest BCUT2D eigenvalue weighted by atomic mass is 79.9. The van der Waals surface area contributed by atoms with Crippen molar-refractivity contribution in [3.8, 4) is 0 Å². The van der Waals surface area contributed by atoms with Gasteiger partial charge in [0.1, 0.15) is 0 Å². The first kappa shape index (κ1) is 14.7. The zero-order chi connectivity index (χ0) is 15.1. The number of benzene rings is 1. The average molecular weight is 366 g/mol. The van der Waals surface area contributed by atoms with Crippen molar-refractivity contribution in [1.29, 1.82) is 0 Å². The molecule has 0 spiro atoms. The molecule has 21 heavy (non-hydrogen) atoms. The minimum absolute atomic E-state index is 0.0307. The molecule has 2 aromatic rings. The molecule has 1 aliphatic rings. The van der Waals surface area contributed by atoms with Gasteiger partial charge in [-0.05, 0) is 32.4 Å². The lowest BCUT2D eigenvalue weighted by atomic mass is 10.1. The van der Waals surface area contributed by atoms with Crippen LogP contribution in [0.2, 0.25) is 0 Å². The van der Waals surface area contributed by atoms with Gasteiger partial charge in [0.2, 0.25) is 0 Å². The molecule has 1 atom stereocenters. The van der Waals surface area contributed by atoms with Gasteiger partial charge in [0.15, 0.2) is 5.82 Å². The number of hydrogen-bond donors (Lipinski definition) is 1. The molecule has 1 aromatic heterocycles. The van der Waals surface area contributed by atoms with Gasteiger partial charge in [-0.15, -0.1) is 0 Å². The maximum Gasteiger partial charge on any atom is 0.271 e. The van der Waals surface area contributed by atoms with E-state index >= 15 is 0 Å². The number of aliphatic imine (C=N–C) groups is 1. The lowest BCUT2D eigenvalue weighted by molar-refractivity contribution is 0.533. The first-order valence-corrected chi connectivity index (χ1v) is 8.47. The number of nitrogens with one attached hydrogen (secondary N) is 1. The van der Waals surface area contributed by atoms with Gasteiger partial charge in [-0.1, -0.05) is 45.9 Å². The Kier molecular flexibility index (Phi) is 3.84. The molecule has 0 bridgehead atoms. The zero-order valence-corrected chi connectivity index (χ0v) is 14.5. The van der Waals surface area contributed by atoms with Crippen molar-refractivity contribution in [1.82, 2.24) is 9.78 Å². The number of fused-ring (bicyclic) bond motifs is 1. The van der Waals surface area contributed by atoms with E-state index in [1.807, 2.05) is 43.7 Å². The predicted octanol–water partition coefficient (Wildman–Crippen LogP) is 4.41. The second-order valence-corrected chi connectivity index (χ2v) is 7.44. The summed E-state index contributed by atoms with van der Waals surface area (Å²) in [6.45, 7) is 6.06. The van der Waals surface area contributed by atoms with Gasteiger partial charge in [0, 0.05) is 10.5 Å². The fourth-order valence-corrected chi connectivity index (χ4v) is 4.30. The van der Waals surface area contributed by atoms with Crippen molar-refractivity contribution in [2.75, 3.05) is 0 Å². The van der Waals surface area contributed by atoms with E-state index in [1.54, 1.807) is 11.8 Å². The first-order valence-electron chi connectivity index (χ1n) is 6.79. The van der Waals surface area contributed by atoms with E-state index < -0.39 is 0 Å². The van der Waals surface area contributed by atoms with E-state index in [0.29, 0.717) is 0 Å². The summed E-state index contributed by atoms with van der Waals surface area (Å²) in [7, 11) is 0. The van der Waals surface area contributed by atoms with Crippen molar-refractivity contribution >= 4 is 38.6 Å². The number of hydrogen-bond acceptors (Lipinski definition) is 3. The van der Waals surface area contributed by atoms with Gasteiger partial charge in [-0.3, -0.25) is 14.6 Å². The quantitative estimate of drug-likeness (QED) is 0.856. The summed E-state index contributed by atoms with van der Waals surface area (Å²) in [4.78, 5) is 17.0. The molecular formula is C15H16BrN3OS. The number of rotatable bonds is 2. The summed E-state index contributed by atoms with van der Waals surface area (Å²) in [5.41, 5.74) is 1.79. The molecule has 0 unspecified atom stereocenters. The largest absolute Gasteiger partial charge is 0.271 e. The van der Waals surface area contributed by atoms with Crippen LogP contribution in [0.4, 0.5) is 5.82 Å². The standard InChI is InChI=1S/C15H16BrN3OS/c1-8(2)19-14-12(15(20)18-19)13(21-9(3)17-14)10-6-4-5-7-11(10)16/h4-8,13H,1-3H3,(H,18,20)/t13-/m1/s1. The fourth-order valence-electron chi connectivity index (χ4n) is 2.49. The Bertz CT molecular complexity index is 775. The van der Waals surface area contributed by atoms with Crippen molar-refractivity contribution in [3.63, 3.8) is 0 Å². The number of aromatic nitrogens is 2. The average Bonchev–Trinajstić information content (AvgIpc) is 2.76. The summed E-state index contributed by atoms with van der Waals surface area (Å²) in [6, 6.07) is 8.20. The molecule has 0 amide bonds. The van der Waals surface area contributed by atoms with E-state index in [-0.39, 0.29) is 16.9 Å². The van der Waals surface area contributed by atoms with Gasteiger partial charge < -0.3 is 0 Å². The zero-order valence-electron chi connectivity index (χ0n) is 12.1. The summed E-state index contributed by atoms with van der Waals surface area (Å²) < 4.78 is 2.87. The Morgan fingerprint density at radius 2 is 2.10 bits per heavy atom. The smallest absolute Gasteiger partial charge is 0.268 e. The number of halogens is 1. The maximum absolute atomic E-state index is 12.4.